The minimum Gasteiger partial charge on any atom is -0.294 e. The van der Waals surface area contributed by atoms with E-state index in [2.05, 4.69) is 33.4 Å². The van der Waals surface area contributed by atoms with Crippen molar-refractivity contribution in [2.75, 3.05) is 0 Å². The normalized spacial score (nSPS) is 35.0. The van der Waals surface area contributed by atoms with Gasteiger partial charge in [0.15, 0.2) is 5.78 Å². The van der Waals surface area contributed by atoms with Crippen LogP contribution < -0.4 is 0 Å². The first-order valence-electron chi connectivity index (χ1n) is 6.41. The zero-order chi connectivity index (χ0) is 11.9. The molecule has 0 saturated heterocycles. The van der Waals surface area contributed by atoms with Gasteiger partial charge in [0.2, 0.25) is 0 Å². The number of Topliss-reactive ketones (excluding diaryl/α,β-unsaturated/α-hetero) is 1. The van der Waals surface area contributed by atoms with Crippen molar-refractivity contribution >= 4 is 5.78 Å². The van der Waals surface area contributed by atoms with Gasteiger partial charge in [-0.25, -0.2) is 0 Å². The largest absolute Gasteiger partial charge is 0.294 e. The molecule has 0 unspecified atom stereocenters. The average Bonchev–Trinajstić information content (AvgIpc) is 2.23. The van der Waals surface area contributed by atoms with Crippen LogP contribution in [0.3, 0.4) is 0 Å². The Morgan fingerprint density at radius 2 is 2.12 bits per heavy atom. The highest BCUT2D eigenvalue weighted by atomic mass is 16.1. The minimum absolute atomic E-state index is 0.228. The van der Waals surface area contributed by atoms with Crippen LogP contribution in [0.2, 0.25) is 0 Å². The fourth-order valence-corrected chi connectivity index (χ4v) is 3.36. The molecule has 0 heterocycles. The summed E-state index contributed by atoms with van der Waals surface area (Å²) < 4.78 is 0. The number of rotatable bonds is 1. The summed E-state index contributed by atoms with van der Waals surface area (Å²) in [4.78, 5) is 12.3. The summed E-state index contributed by atoms with van der Waals surface area (Å²) in [5.74, 6) is 2.19. The van der Waals surface area contributed by atoms with Crippen molar-refractivity contribution in [3.63, 3.8) is 0 Å². The second kappa shape index (κ2) is 4.20. The van der Waals surface area contributed by atoms with Gasteiger partial charge in [0, 0.05) is 5.92 Å². The number of carbonyl (C=O) groups is 1. The van der Waals surface area contributed by atoms with E-state index in [1.54, 1.807) is 0 Å². The average molecular weight is 218 g/mol. The lowest BCUT2D eigenvalue weighted by Crippen LogP contribution is -2.40. The number of carbonyl (C=O) groups excluding carboxylic acids is 1. The highest BCUT2D eigenvalue weighted by molar-refractivity contribution is 5.98. The van der Waals surface area contributed by atoms with Crippen LogP contribution in [0.1, 0.15) is 40.0 Å². The maximum Gasteiger partial charge on any atom is 0.162 e. The Bertz CT molecular complexity index is 348. The monoisotopic (exact) mass is 218 g/mol. The molecule has 1 nitrogen and oxygen atoms in total. The Balaban J connectivity index is 2.34. The van der Waals surface area contributed by atoms with Gasteiger partial charge in [0.25, 0.3) is 0 Å². The van der Waals surface area contributed by atoms with Gasteiger partial charge in [0.05, 0.1) is 0 Å². The molecule has 2 aliphatic carbocycles. The SMILES string of the molecule is C=C1CC[C@@H]2C(C)=CC[C@@H](C(C)C)[C@@H]2C1=O. The quantitative estimate of drug-likeness (QED) is 0.484. The second-order valence-electron chi connectivity index (χ2n) is 5.73. The summed E-state index contributed by atoms with van der Waals surface area (Å²) in [5, 5.41) is 0. The van der Waals surface area contributed by atoms with Crippen LogP contribution in [-0.4, -0.2) is 5.78 Å². The zero-order valence-electron chi connectivity index (χ0n) is 10.6. The van der Waals surface area contributed by atoms with Crippen molar-refractivity contribution in [1.29, 1.82) is 0 Å². The van der Waals surface area contributed by atoms with Crippen LogP contribution in [0.4, 0.5) is 0 Å². The summed E-state index contributed by atoms with van der Waals surface area (Å²) >= 11 is 0. The van der Waals surface area contributed by atoms with Crippen molar-refractivity contribution < 1.29 is 4.79 Å². The number of fused-ring (bicyclic) bond motifs is 1. The first-order valence-corrected chi connectivity index (χ1v) is 6.41. The molecule has 1 saturated carbocycles. The molecule has 2 rings (SSSR count). The van der Waals surface area contributed by atoms with E-state index in [0.717, 1.165) is 24.8 Å². The molecule has 0 amide bonds. The molecule has 1 heteroatoms. The van der Waals surface area contributed by atoms with Gasteiger partial charge in [-0.2, -0.15) is 0 Å². The van der Waals surface area contributed by atoms with Gasteiger partial charge in [-0.15, -0.1) is 0 Å². The van der Waals surface area contributed by atoms with Crippen LogP contribution in [0.25, 0.3) is 0 Å². The smallest absolute Gasteiger partial charge is 0.162 e. The third-order valence-corrected chi connectivity index (χ3v) is 4.46. The van der Waals surface area contributed by atoms with Gasteiger partial charge < -0.3 is 0 Å². The maximum absolute atomic E-state index is 12.3. The summed E-state index contributed by atoms with van der Waals surface area (Å²) in [6.07, 6.45) is 5.45. The van der Waals surface area contributed by atoms with E-state index < -0.39 is 0 Å². The molecule has 0 aromatic carbocycles. The first kappa shape index (κ1) is 11.6. The lowest BCUT2D eigenvalue weighted by Gasteiger charge is -2.42. The maximum atomic E-state index is 12.3. The Morgan fingerprint density at radius 3 is 2.75 bits per heavy atom. The molecule has 0 aromatic rings. The number of hydrogen-bond acceptors (Lipinski definition) is 1. The molecule has 16 heavy (non-hydrogen) atoms. The highest BCUT2D eigenvalue weighted by Crippen LogP contribution is 2.45. The van der Waals surface area contributed by atoms with E-state index in [4.69, 9.17) is 0 Å². The summed E-state index contributed by atoms with van der Waals surface area (Å²) in [6, 6.07) is 0. The molecule has 0 bridgehead atoms. The molecule has 3 atom stereocenters. The fraction of sp³-hybridized carbons (Fsp3) is 0.667. The molecule has 88 valence electrons. The first-order chi connectivity index (χ1) is 7.52. The standard InChI is InChI=1S/C15H22O/c1-9(2)12-7-5-10(3)13-8-6-11(4)15(16)14(12)13/h5,9,12-14H,4,6-8H2,1-3H3/t12-,13+,14-/m0/s1. The molecule has 0 aromatic heterocycles. The zero-order valence-corrected chi connectivity index (χ0v) is 10.6. The van der Waals surface area contributed by atoms with E-state index >= 15 is 0 Å². The number of ketones is 1. The van der Waals surface area contributed by atoms with Gasteiger partial charge >= 0.3 is 0 Å². The predicted molar refractivity (Wildman–Crippen MR) is 67.1 cm³/mol. The summed E-state index contributed by atoms with van der Waals surface area (Å²) in [5.41, 5.74) is 2.30. The molecule has 0 aliphatic heterocycles. The summed E-state index contributed by atoms with van der Waals surface area (Å²) in [7, 11) is 0. The van der Waals surface area contributed by atoms with Crippen LogP contribution in [0.15, 0.2) is 23.8 Å². The number of allylic oxidation sites excluding steroid dienone is 3. The van der Waals surface area contributed by atoms with Crippen molar-refractivity contribution in [2.45, 2.75) is 40.0 Å². The molecule has 0 spiro atoms. The van der Waals surface area contributed by atoms with Crippen molar-refractivity contribution in [3.05, 3.63) is 23.8 Å². The molecule has 1 fully saturated rings. The Hall–Kier alpha value is -0.850. The topological polar surface area (TPSA) is 17.1 Å². The van der Waals surface area contributed by atoms with Gasteiger partial charge in [-0.1, -0.05) is 32.1 Å². The highest BCUT2D eigenvalue weighted by Gasteiger charge is 2.42. The van der Waals surface area contributed by atoms with E-state index in [-0.39, 0.29) is 5.92 Å². The Morgan fingerprint density at radius 1 is 1.44 bits per heavy atom. The van der Waals surface area contributed by atoms with E-state index in [0.29, 0.717) is 23.5 Å². The van der Waals surface area contributed by atoms with Crippen LogP contribution in [0.5, 0.6) is 0 Å². The van der Waals surface area contributed by atoms with Crippen LogP contribution in [0, 0.1) is 23.7 Å². The number of hydrogen-bond donors (Lipinski definition) is 0. The molecule has 2 aliphatic rings. The van der Waals surface area contributed by atoms with Crippen LogP contribution in [-0.2, 0) is 4.79 Å². The lowest BCUT2D eigenvalue weighted by molar-refractivity contribution is -0.124. The third kappa shape index (κ3) is 1.77. The minimum atomic E-state index is 0.228. The van der Waals surface area contributed by atoms with Crippen molar-refractivity contribution in [3.8, 4) is 0 Å². The van der Waals surface area contributed by atoms with Gasteiger partial charge in [-0.05, 0) is 49.5 Å². The fourth-order valence-electron chi connectivity index (χ4n) is 3.36. The predicted octanol–water partition coefficient (Wildman–Crippen LogP) is 3.76. The molecule has 0 radical (unpaired) electrons. The Labute approximate surface area is 98.6 Å². The Kier molecular flexibility index (Phi) is 3.05. The molecular formula is C15H22O. The second-order valence-corrected chi connectivity index (χ2v) is 5.73. The molecule has 0 N–H and O–H groups in total. The van der Waals surface area contributed by atoms with Crippen molar-refractivity contribution in [2.24, 2.45) is 23.7 Å². The lowest BCUT2D eigenvalue weighted by atomic mass is 9.61. The van der Waals surface area contributed by atoms with E-state index in [1.807, 2.05) is 0 Å². The third-order valence-electron chi connectivity index (χ3n) is 4.46. The summed E-state index contributed by atoms with van der Waals surface area (Å²) in [6.45, 7) is 10.6. The van der Waals surface area contributed by atoms with Crippen LogP contribution >= 0.6 is 0 Å². The van der Waals surface area contributed by atoms with Gasteiger partial charge in [-0.3, -0.25) is 4.79 Å². The van der Waals surface area contributed by atoms with Crippen molar-refractivity contribution in [1.82, 2.24) is 0 Å². The van der Waals surface area contributed by atoms with E-state index in [9.17, 15) is 4.79 Å². The van der Waals surface area contributed by atoms with Gasteiger partial charge in [0.1, 0.15) is 0 Å². The van der Waals surface area contributed by atoms with E-state index in [1.165, 1.54) is 5.57 Å². The molecular weight excluding hydrogens is 196 g/mol.